The van der Waals surface area contributed by atoms with Crippen LogP contribution in [0.1, 0.15) is 97.8 Å². The number of rotatable bonds is 5. The standard InChI is InChI=1S/C38H40BrFN6O4/c1-21-12-27(43-37(39)34(21)40)15-31(49)30-16-38-11-10-28(48)9-7-5-4-6-8-24-13-25(26-18-41-23(3)42-19-26)14-29-35(22(2)47)44-45(36(24)29)20-33(50)46(30)32(38)17-38/h12-14,18-19,30,32H,4-11,15-17,20H2,1-3H3/t30-,32+,38-/m0/s1. The van der Waals surface area contributed by atoms with E-state index in [4.69, 9.17) is 5.10 Å². The van der Waals surface area contributed by atoms with E-state index in [2.05, 4.69) is 36.9 Å². The summed E-state index contributed by atoms with van der Waals surface area (Å²) in [5.74, 6) is -0.225. The van der Waals surface area contributed by atoms with Crippen LogP contribution >= 0.6 is 15.9 Å². The Balaban J connectivity index is 1.28. The van der Waals surface area contributed by atoms with Crippen LogP contribution < -0.4 is 0 Å². The highest BCUT2D eigenvalue weighted by Crippen LogP contribution is 2.62. The van der Waals surface area contributed by atoms with Crippen LogP contribution in [0, 0.1) is 25.1 Å². The van der Waals surface area contributed by atoms with E-state index < -0.39 is 11.9 Å². The number of piperidine rings is 1. The zero-order valence-corrected chi connectivity index (χ0v) is 30.2. The van der Waals surface area contributed by atoms with Crippen LogP contribution in [-0.2, 0) is 33.8 Å². The number of Topliss-reactive ketones (excluding diaryl/α,β-unsaturated/α-hetero) is 3. The predicted molar refractivity (Wildman–Crippen MR) is 188 cm³/mol. The molecule has 0 radical (unpaired) electrons. The number of pyridine rings is 1. The zero-order chi connectivity index (χ0) is 35.3. The lowest BCUT2D eigenvalue weighted by atomic mass is 9.90. The summed E-state index contributed by atoms with van der Waals surface area (Å²) in [5.41, 5.74) is 4.17. The number of aryl methyl sites for hydroxylation is 3. The normalized spacial score (nSPS) is 22.8. The van der Waals surface area contributed by atoms with Gasteiger partial charge >= 0.3 is 0 Å². The van der Waals surface area contributed by atoms with Crippen LogP contribution in [0.5, 0.6) is 0 Å². The van der Waals surface area contributed by atoms with E-state index in [1.807, 2.05) is 13.0 Å². The molecule has 3 aromatic heterocycles. The minimum Gasteiger partial charge on any atom is -0.327 e. The summed E-state index contributed by atoms with van der Waals surface area (Å²) in [6.07, 6.45) is 10.6. The zero-order valence-electron chi connectivity index (χ0n) is 28.6. The average Bonchev–Trinajstić information content (AvgIpc) is 3.49. The van der Waals surface area contributed by atoms with E-state index in [0.717, 1.165) is 54.3 Å². The number of hydrogen-bond donors (Lipinski definition) is 0. The third-order valence-corrected chi connectivity index (χ3v) is 11.3. The Morgan fingerprint density at radius 1 is 0.980 bits per heavy atom. The van der Waals surface area contributed by atoms with Gasteiger partial charge in [0.25, 0.3) is 0 Å². The molecule has 3 atom stereocenters. The third kappa shape index (κ3) is 6.54. The highest BCUT2D eigenvalue weighted by Gasteiger charge is 2.66. The minimum atomic E-state index is -0.706. The quantitative estimate of drug-likeness (QED) is 0.165. The number of aromatic nitrogens is 5. The molecule has 7 rings (SSSR count). The summed E-state index contributed by atoms with van der Waals surface area (Å²) in [6, 6.07) is 4.70. The molecular formula is C38H40BrFN6O4. The van der Waals surface area contributed by atoms with Crippen molar-refractivity contribution in [1.29, 1.82) is 0 Å². The lowest BCUT2D eigenvalue weighted by molar-refractivity contribution is -0.139. The van der Waals surface area contributed by atoms with Crippen molar-refractivity contribution in [1.82, 2.24) is 29.6 Å². The fourth-order valence-electron chi connectivity index (χ4n) is 8.09. The van der Waals surface area contributed by atoms with Gasteiger partial charge in [0, 0.05) is 54.8 Å². The van der Waals surface area contributed by atoms with Crippen molar-refractivity contribution in [3.05, 3.63) is 69.4 Å². The van der Waals surface area contributed by atoms with Crippen molar-refractivity contribution in [2.45, 2.75) is 110 Å². The first-order valence-corrected chi connectivity index (χ1v) is 18.2. The van der Waals surface area contributed by atoms with Crippen LogP contribution in [0.2, 0.25) is 0 Å². The monoisotopic (exact) mass is 742 g/mol. The first-order chi connectivity index (χ1) is 23.9. The highest BCUT2D eigenvalue weighted by atomic mass is 79.9. The second-order valence-electron chi connectivity index (χ2n) is 14.3. The summed E-state index contributed by atoms with van der Waals surface area (Å²) in [7, 11) is 0. The van der Waals surface area contributed by atoms with Gasteiger partial charge in [-0.1, -0.05) is 12.8 Å². The Morgan fingerprint density at radius 2 is 1.72 bits per heavy atom. The molecule has 2 aliphatic heterocycles. The number of carbonyl (C=O) groups is 4. The molecule has 4 aromatic rings. The van der Waals surface area contributed by atoms with Crippen LogP contribution in [0.4, 0.5) is 4.39 Å². The lowest BCUT2D eigenvalue weighted by Crippen LogP contribution is -2.45. The SMILES string of the molecule is CC(=O)c1nn2c3c(cc(-c4cnc(C)nc4)cc13)CCCCCCC(=O)CC[C@@]13C[C@@H](C(=O)Cc4cc(C)c(F)c(Br)n4)N(C(=O)C2)[C@@H]1C3. The van der Waals surface area contributed by atoms with Gasteiger partial charge in [-0.3, -0.25) is 23.9 Å². The van der Waals surface area contributed by atoms with Crippen molar-refractivity contribution in [2.24, 2.45) is 5.41 Å². The van der Waals surface area contributed by atoms with Gasteiger partial charge in [0.2, 0.25) is 5.91 Å². The van der Waals surface area contributed by atoms with Crippen molar-refractivity contribution in [2.75, 3.05) is 0 Å². The van der Waals surface area contributed by atoms with Gasteiger partial charge in [0.15, 0.2) is 17.4 Å². The molecule has 50 heavy (non-hydrogen) atoms. The second-order valence-corrected chi connectivity index (χ2v) is 15.1. The summed E-state index contributed by atoms with van der Waals surface area (Å²) in [6.45, 7) is 4.79. The van der Waals surface area contributed by atoms with Gasteiger partial charge in [-0.2, -0.15) is 5.10 Å². The van der Waals surface area contributed by atoms with Crippen molar-refractivity contribution in [3.8, 4) is 11.1 Å². The summed E-state index contributed by atoms with van der Waals surface area (Å²) >= 11 is 3.15. The van der Waals surface area contributed by atoms with Crippen LogP contribution in [-0.4, -0.2) is 65.0 Å². The van der Waals surface area contributed by atoms with E-state index in [0.29, 0.717) is 54.6 Å². The van der Waals surface area contributed by atoms with Gasteiger partial charge in [-0.25, -0.2) is 19.3 Å². The maximum absolute atomic E-state index is 14.5. The topological polar surface area (TPSA) is 128 Å². The van der Waals surface area contributed by atoms with Crippen molar-refractivity contribution >= 4 is 50.1 Å². The molecule has 10 nitrogen and oxygen atoms in total. The Hall–Kier alpha value is -4.19. The largest absolute Gasteiger partial charge is 0.327 e. The number of hydrogen-bond acceptors (Lipinski definition) is 8. The van der Waals surface area contributed by atoms with Crippen LogP contribution in [0.3, 0.4) is 0 Å². The first-order valence-electron chi connectivity index (χ1n) is 17.4. The average molecular weight is 744 g/mol. The molecule has 0 N–H and O–H groups in total. The molecule has 1 saturated heterocycles. The maximum atomic E-state index is 14.5. The Bertz CT molecular complexity index is 2020. The maximum Gasteiger partial charge on any atom is 0.245 e. The summed E-state index contributed by atoms with van der Waals surface area (Å²) in [5, 5.41) is 5.41. The molecule has 2 fully saturated rings. The molecule has 260 valence electrons. The van der Waals surface area contributed by atoms with Gasteiger partial charge in [0.1, 0.15) is 28.4 Å². The van der Waals surface area contributed by atoms with Crippen molar-refractivity contribution in [3.63, 3.8) is 0 Å². The molecule has 1 saturated carbocycles. The highest BCUT2D eigenvalue weighted by molar-refractivity contribution is 9.10. The number of ketones is 3. The van der Waals surface area contributed by atoms with E-state index in [1.165, 1.54) is 6.92 Å². The predicted octanol–water partition coefficient (Wildman–Crippen LogP) is 6.64. The third-order valence-electron chi connectivity index (χ3n) is 10.8. The molecule has 5 heterocycles. The molecular weight excluding hydrogens is 703 g/mol. The number of benzene rings is 1. The lowest BCUT2D eigenvalue weighted by Gasteiger charge is -2.27. The van der Waals surface area contributed by atoms with Gasteiger partial charge in [-0.05, 0) is 109 Å². The van der Waals surface area contributed by atoms with E-state index in [9.17, 15) is 23.6 Å². The number of carbonyl (C=O) groups excluding carboxylic acids is 4. The smallest absolute Gasteiger partial charge is 0.245 e. The van der Waals surface area contributed by atoms with Crippen LogP contribution in [0.25, 0.3) is 22.0 Å². The fourth-order valence-corrected chi connectivity index (χ4v) is 8.63. The Morgan fingerprint density at radius 3 is 2.44 bits per heavy atom. The van der Waals surface area contributed by atoms with Gasteiger partial charge < -0.3 is 4.90 Å². The molecule has 3 aliphatic rings. The molecule has 2 bridgehead atoms. The second kappa shape index (κ2) is 13.5. The van der Waals surface area contributed by atoms with Crippen LogP contribution in [0.15, 0.2) is 35.2 Å². The number of halogens is 2. The molecule has 12 heteroatoms. The fraction of sp³-hybridized carbons (Fsp3) is 0.474. The Kier molecular flexibility index (Phi) is 9.25. The number of amides is 1. The summed E-state index contributed by atoms with van der Waals surface area (Å²) < 4.78 is 16.0. The van der Waals surface area contributed by atoms with E-state index >= 15 is 0 Å². The molecule has 1 amide bonds. The minimum absolute atomic E-state index is 0.0475. The van der Waals surface area contributed by atoms with E-state index in [1.54, 1.807) is 35.0 Å². The molecule has 1 aromatic carbocycles. The van der Waals surface area contributed by atoms with E-state index in [-0.39, 0.29) is 58.0 Å². The number of nitrogens with zero attached hydrogens (tertiary/aromatic N) is 6. The van der Waals surface area contributed by atoms with Gasteiger partial charge in [-0.15, -0.1) is 0 Å². The molecule has 0 unspecified atom stereocenters. The van der Waals surface area contributed by atoms with Crippen molar-refractivity contribution < 1.29 is 23.6 Å². The summed E-state index contributed by atoms with van der Waals surface area (Å²) in [4.78, 5) is 69.1. The molecule has 1 aliphatic carbocycles. The Labute approximate surface area is 298 Å². The first kappa shape index (κ1) is 34.3. The van der Waals surface area contributed by atoms with Gasteiger partial charge in [0.05, 0.1) is 18.0 Å². The molecule has 0 spiro atoms.